The number of aliphatic hydroxyl groups excluding tert-OH is 1. The van der Waals surface area contributed by atoms with Crippen LogP contribution in [0.2, 0.25) is 0 Å². The molecular formula is C31H61NO3. The fourth-order valence-corrected chi connectivity index (χ4v) is 5.31. The molecule has 0 aromatic carbocycles. The minimum atomic E-state index is -0.0970. The molecule has 1 aliphatic rings. The molecule has 35 heavy (non-hydrogen) atoms. The molecule has 0 spiro atoms. The highest BCUT2D eigenvalue weighted by Crippen LogP contribution is 2.18. The van der Waals surface area contributed by atoms with Gasteiger partial charge in [-0.15, -0.1) is 0 Å². The maximum Gasteiger partial charge on any atom is 0.305 e. The van der Waals surface area contributed by atoms with Crippen LogP contribution in [-0.2, 0) is 9.53 Å². The van der Waals surface area contributed by atoms with E-state index in [0.29, 0.717) is 19.1 Å². The Balaban J connectivity index is 1.71. The largest absolute Gasteiger partial charge is 0.466 e. The lowest BCUT2D eigenvalue weighted by molar-refractivity contribution is -0.143. The minimum Gasteiger partial charge on any atom is -0.466 e. The second-order valence-corrected chi connectivity index (χ2v) is 11.2. The van der Waals surface area contributed by atoms with E-state index in [-0.39, 0.29) is 12.1 Å². The Hall–Kier alpha value is -0.610. The molecule has 1 aliphatic carbocycles. The first kappa shape index (κ1) is 32.4. The van der Waals surface area contributed by atoms with E-state index < -0.39 is 0 Å². The van der Waals surface area contributed by atoms with Crippen molar-refractivity contribution in [2.75, 3.05) is 13.2 Å². The van der Waals surface area contributed by atoms with Crippen molar-refractivity contribution in [2.45, 2.75) is 180 Å². The summed E-state index contributed by atoms with van der Waals surface area (Å²) in [5.74, 6) is -0.00659. The van der Waals surface area contributed by atoms with Gasteiger partial charge in [-0.05, 0) is 51.5 Å². The van der Waals surface area contributed by atoms with Crippen LogP contribution in [-0.4, -0.2) is 36.4 Å². The number of ether oxygens (including phenoxy) is 1. The van der Waals surface area contributed by atoms with Crippen LogP contribution in [0.25, 0.3) is 0 Å². The van der Waals surface area contributed by atoms with E-state index in [2.05, 4.69) is 12.2 Å². The quantitative estimate of drug-likeness (QED) is 0.0982. The third-order valence-electron chi connectivity index (χ3n) is 7.65. The standard InChI is InChI=1S/C31H61NO3/c1-2-3-4-5-6-7-8-9-10-11-12-13-14-18-21-27-35-31(34)25-19-16-15-17-20-26-32-29-23-22-24-30(33)28-29/h29-30,32-33H,2-28H2,1H3/t29-,30+/m1/s1. The molecule has 0 radical (unpaired) electrons. The zero-order valence-corrected chi connectivity index (χ0v) is 23.5. The van der Waals surface area contributed by atoms with Gasteiger partial charge < -0.3 is 15.2 Å². The third kappa shape index (κ3) is 22.3. The number of unbranched alkanes of at least 4 members (excludes halogenated alkanes) is 18. The number of esters is 1. The first-order valence-corrected chi connectivity index (χ1v) is 15.8. The van der Waals surface area contributed by atoms with Gasteiger partial charge in [0.1, 0.15) is 0 Å². The summed E-state index contributed by atoms with van der Waals surface area (Å²) in [6.45, 7) is 3.95. The molecule has 0 unspecified atom stereocenters. The van der Waals surface area contributed by atoms with E-state index in [1.807, 2.05) is 0 Å². The Kier molecular flexibility index (Phi) is 23.2. The Morgan fingerprint density at radius 1 is 0.714 bits per heavy atom. The van der Waals surface area contributed by atoms with Crippen LogP contribution >= 0.6 is 0 Å². The molecule has 2 atom stereocenters. The van der Waals surface area contributed by atoms with Gasteiger partial charge in [0.05, 0.1) is 12.7 Å². The van der Waals surface area contributed by atoms with Crippen molar-refractivity contribution in [1.82, 2.24) is 5.32 Å². The minimum absolute atomic E-state index is 0.00659. The molecule has 0 heterocycles. The number of carbonyl (C=O) groups excluding carboxylic acids is 1. The van der Waals surface area contributed by atoms with Gasteiger partial charge in [-0.3, -0.25) is 4.79 Å². The molecule has 1 fully saturated rings. The summed E-state index contributed by atoms with van der Waals surface area (Å²) >= 11 is 0. The van der Waals surface area contributed by atoms with Crippen molar-refractivity contribution in [3.63, 3.8) is 0 Å². The lowest BCUT2D eigenvalue weighted by Crippen LogP contribution is -2.36. The molecule has 208 valence electrons. The van der Waals surface area contributed by atoms with Gasteiger partial charge in [-0.1, -0.05) is 116 Å². The van der Waals surface area contributed by atoms with Gasteiger partial charge in [-0.2, -0.15) is 0 Å². The van der Waals surface area contributed by atoms with Crippen molar-refractivity contribution in [3.05, 3.63) is 0 Å². The maximum atomic E-state index is 11.9. The SMILES string of the molecule is CCCCCCCCCCCCCCCCCOC(=O)CCCCCCCN[C@@H]1CCC[C@H](O)C1. The normalized spacial score (nSPS) is 18.1. The van der Waals surface area contributed by atoms with Crippen LogP contribution in [0.3, 0.4) is 0 Å². The molecule has 0 bridgehead atoms. The Bertz CT molecular complexity index is 457. The highest BCUT2D eigenvalue weighted by molar-refractivity contribution is 5.69. The summed E-state index contributed by atoms with van der Waals surface area (Å²) in [6.07, 6.45) is 30.8. The van der Waals surface area contributed by atoms with Crippen LogP contribution in [0.4, 0.5) is 0 Å². The summed E-state index contributed by atoms with van der Waals surface area (Å²) in [5.41, 5.74) is 0. The zero-order chi connectivity index (χ0) is 25.2. The van der Waals surface area contributed by atoms with Crippen LogP contribution in [0.1, 0.15) is 167 Å². The molecule has 0 aromatic rings. The van der Waals surface area contributed by atoms with Gasteiger partial charge >= 0.3 is 5.97 Å². The molecule has 0 saturated heterocycles. The third-order valence-corrected chi connectivity index (χ3v) is 7.65. The summed E-state index contributed by atoms with van der Waals surface area (Å²) in [5, 5.41) is 13.3. The van der Waals surface area contributed by atoms with Crippen LogP contribution < -0.4 is 5.32 Å². The van der Waals surface area contributed by atoms with Gasteiger partial charge in [0.15, 0.2) is 0 Å². The second-order valence-electron chi connectivity index (χ2n) is 11.2. The average Bonchev–Trinajstić information content (AvgIpc) is 2.85. The second kappa shape index (κ2) is 25.1. The fraction of sp³-hybridized carbons (Fsp3) is 0.968. The Labute approximate surface area is 218 Å². The van der Waals surface area contributed by atoms with Crippen molar-refractivity contribution in [1.29, 1.82) is 0 Å². The molecule has 0 amide bonds. The summed E-state index contributed by atoms with van der Waals surface area (Å²) in [4.78, 5) is 11.9. The molecule has 0 aromatic heterocycles. The predicted octanol–water partition coefficient (Wildman–Crippen LogP) is 8.63. The fourth-order valence-electron chi connectivity index (χ4n) is 5.31. The average molecular weight is 496 g/mol. The van der Waals surface area contributed by atoms with E-state index in [9.17, 15) is 9.90 Å². The first-order chi connectivity index (χ1) is 17.2. The molecule has 4 nitrogen and oxygen atoms in total. The van der Waals surface area contributed by atoms with E-state index in [1.54, 1.807) is 0 Å². The molecular weight excluding hydrogens is 434 g/mol. The van der Waals surface area contributed by atoms with E-state index in [4.69, 9.17) is 4.74 Å². The van der Waals surface area contributed by atoms with Gasteiger partial charge in [0.25, 0.3) is 0 Å². The van der Waals surface area contributed by atoms with Gasteiger partial charge in [-0.25, -0.2) is 0 Å². The molecule has 0 aliphatic heterocycles. The molecule has 1 saturated carbocycles. The number of nitrogens with one attached hydrogen (secondary N) is 1. The van der Waals surface area contributed by atoms with Crippen LogP contribution in [0.15, 0.2) is 0 Å². The van der Waals surface area contributed by atoms with E-state index in [1.165, 1.54) is 116 Å². The number of hydrogen-bond acceptors (Lipinski definition) is 4. The molecule has 4 heteroatoms. The Morgan fingerprint density at radius 2 is 1.23 bits per heavy atom. The first-order valence-electron chi connectivity index (χ1n) is 15.8. The van der Waals surface area contributed by atoms with Crippen molar-refractivity contribution >= 4 is 5.97 Å². The highest BCUT2D eigenvalue weighted by atomic mass is 16.5. The number of hydrogen-bond donors (Lipinski definition) is 2. The molecule has 2 N–H and O–H groups in total. The summed E-state index contributed by atoms with van der Waals surface area (Å²) in [6, 6.07) is 0.512. The number of aliphatic hydroxyl groups is 1. The number of carbonyl (C=O) groups is 1. The topological polar surface area (TPSA) is 58.6 Å². The Morgan fingerprint density at radius 3 is 1.80 bits per heavy atom. The zero-order valence-electron chi connectivity index (χ0n) is 23.5. The predicted molar refractivity (Wildman–Crippen MR) is 150 cm³/mol. The van der Waals surface area contributed by atoms with Crippen molar-refractivity contribution in [3.8, 4) is 0 Å². The van der Waals surface area contributed by atoms with E-state index >= 15 is 0 Å². The molecule has 1 rings (SSSR count). The lowest BCUT2D eigenvalue weighted by atomic mass is 9.93. The van der Waals surface area contributed by atoms with Crippen molar-refractivity contribution in [2.24, 2.45) is 0 Å². The monoisotopic (exact) mass is 495 g/mol. The van der Waals surface area contributed by atoms with Gasteiger partial charge in [0.2, 0.25) is 0 Å². The number of rotatable bonds is 25. The highest BCUT2D eigenvalue weighted by Gasteiger charge is 2.18. The maximum absolute atomic E-state index is 11.9. The smallest absolute Gasteiger partial charge is 0.305 e. The van der Waals surface area contributed by atoms with E-state index in [0.717, 1.165) is 45.1 Å². The summed E-state index contributed by atoms with van der Waals surface area (Å²) in [7, 11) is 0. The van der Waals surface area contributed by atoms with Gasteiger partial charge in [0, 0.05) is 12.5 Å². The lowest BCUT2D eigenvalue weighted by Gasteiger charge is -2.26. The summed E-state index contributed by atoms with van der Waals surface area (Å²) < 4.78 is 5.41. The van der Waals surface area contributed by atoms with Crippen LogP contribution in [0, 0.1) is 0 Å². The van der Waals surface area contributed by atoms with Crippen LogP contribution in [0.5, 0.6) is 0 Å². The van der Waals surface area contributed by atoms with Crippen molar-refractivity contribution < 1.29 is 14.6 Å².